The van der Waals surface area contributed by atoms with Crippen molar-refractivity contribution in [1.29, 1.82) is 0 Å². The van der Waals surface area contributed by atoms with Gasteiger partial charge in [0, 0.05) is 23.7 Å². The summed E-state index contributed by atoms with van der Waals surface area (Å²) in [7, 11) is 0. The van der Waals surface area contributed by atoms with E-state index >= 15 is 0 Å². The molecule has 0 saturated carbocycles. The summed E-state index contributed by atoms with van der Waals surface area (Å²) in [6.45, 7) is 1.76. The molecule has 1 unspecified atom stereocenters. The lowest BCUT2D eigenvalue weighted by atomic mass is 10.1. The average Bonchev–Trinajstić information content (AvgIpc) is 3.16. The maximum absolute atomic E-state index is 14.1. The molecule has 2 N–H and O–H groups in total. The number of benzene rings is 1. The van der Waals surface area contributed by atoms with Crippen LogP contribution in [0.25, 0.3) is 5.69 Å². The average molecular weight is 345 g/mol. The van der Waals surface area contributed by atoms with E-state index in [-0.39, 0.29) is 24.2 Å². The lowest BCUT2D eigenvalue weighted by Gasteiger charge is -2.12. The molecular weight excluding hydrogens is 325 g/mol. The highest BCUT2D eigenvalue weighted by molar-refractivity contribution is 5.94. The fourth-order valence-electron chi connectivity index (χ4n) is 3.15. The highest BCUT2D eigenvalue weighted by Crippen LogP contribution is 2.28. The van der Waals surface area contributed by atoms with Gasteiger partial charge in [-0.25, -0.2) is 9.07 Å². The molecule has 1 aromatic heterocycles. The van der Waals surface area contributed by atoms with Crippen LogP contribution in [-0.2, 0) is 17.6 Å². The van der Waals surface area contributed by atoms with Crippen LogP contribution in [0.15, 0.2) is 24.3 Å². The number of para-hydroxylation sites is 1. The summed E-state index contributed by atoms with van der Waals surface area (Å²) >= 11 is 0. The van der Waals surface area contributed by atoms with Gasteiger partial charge in [0.05, 0.1) is 0 Å². The Labute approximate surface area is 144 Å². The van der Waals surface area contributed by atoms with Gasteiger partial charge in [-0.2, -0.15) is 5.10 Å². The van der Waals surface area contributed by atoms with E-state index in [9.17, 15) is 14.0 Å². The fourth-order valence-corrected chi connectivity index (χ4v) is 3.15. The Bertz CT molecular complexity index is 816. The molecule has 0 aliphatic heterocycles. The summed E-state index contributed by atoms with van der Waals surface area (Å²) in [4.78, 5) is 23.2. The Hall–Kier alpha value is -2.70. The van der Waals surface area contributed by atoms with Crippen molar-refractivity contribution in [2.75, 3.05) is 0 Å². The predicted octanol–water partition coefficient (Wildman–Crippen LogP) is 2.48. The molecule has 1 amide bonds. The molecule has 0 bridgehead atoms. The first kappa shape index (κ1) is 17.1. The number of rotatable bonds is 6. The number of amides is 1. The highest BCUT2D eigenvalue weighted by Gasteiger charge is 2.28. The first-order valence-corrected chi connectivity index (χ1v) is 8.35. The van der Waals surface area contributed by atoms with Crippen LogP contribution in [0.1, 0.15) is 47.9 Å². The molecule has 0 radical (unpaired) electrons. The second kappa shape index (κ2) is 7.04. The van der Waals surface area contributed by atoms with Crippen molar-refractivity contribution in [2.45, 2.75) is 45.1 Å². The summed E-state index contributed by atoms with van der Waals surface area (Å²) in [6, 6.07) is 6.07. The molecule has 1 aliphatic rings. The summed E-state index contributed by atoms with van der Waals surface area (Å²) in [5.41, 5.74) is 2.36. The van der Waals surface area contributed by atoms with Crippen molar-refractivity contribution in [2.24, 2.45) is 0 Å². The Kier molecular flexibility index (Phi) is 4.83. The zero-order chi connectivity index (χ0) is 18.0. The molecule has 1 aliphatic carbocycles. The van der Waals surface area contributed by atoms with E-state index < -0.39 is 5.97 Å². The van der Waals surface area contributed by atoms with Crippen LogP contribution >= 0.6 is 0 Å². The second-order valence-electron chi connectivity index (χ2n) is 6.30. The van der Waals surface area contributed by atoms with Crippen LogP contribution in [0.5, 0.6) is 0 Å². The molecular formula is C18H20FN3O3. The number of nitrogens with zero attached hydrogens (tertiary/aromatic N) is 2. The number of nitrogens with one attached hydrogen (secondary N) is 1. The van der Waals surface area contributed by atoms with Crippen molar-refractivity contribution in [3.63, 3.8) is 0 Å². The van der Waals surface area contributed by atoms with E-state index in [0.717, 1.165) is 30.5 Å². The number of carbonyl (C=O) groups excluding carboxylic acids is 1. The number of fused-ring (bicyclic) bond motifs is 1. The Morgan fingerprint density at radius 1 is 1.36 bits per heavy atom. The van der Waals surface area contributed by atoms with Gasteiger partial charge in [-0.05, 0) is 44.7 Å². The predicted molar refractivity (Wildman–Crippen MR) is 89.3 cm³/mol. The fraction of sp³-hybridized carbons (Fsp3) is 0.389. The standard InChI is InChI=1S/C18H20FN3O3/c1-11(9-10-16(23)24)20-18(25)17-12-5-4-8-14(12)22(21-17)15-7-3-2-6-13(15)19/h2-3,6-7,11H,4-5,8-10H2,1H3,(H,20,25)(H,23,24). The number of halogens is 1. The van der Waals surface area contributed by atoms with Crippen LogP contribution < -0.4 is 5.32 Å². The Morgan fingerprint density at radius 2 is 2.12 bits per heavy atom. The van der Waals surface area contributed by atoms with E-state index in [1.807, 2.05) is 0 Å². The lowest BCUT2D eigenvalue weighted by Crippen LogP contribution is -2.33. The number of aliphatic carboxylic acids is 1. The van der Waals surface area contributed by atoms with Gasteiger partial charge in [0.1, 0.15) is 11.5 Å². The molecule has 1 atom stereocenters. The summed E-state index contributed by atoms with van der Waals surface area (Å²) < 4.78 is 15.6. The van der Waals surface area contributed by atoms with Crippen LogP contribution in [0.4, 0.5) is 4.39 Å². The first-order chi connectivity index (χ1) is 12.0. The molecule has 0 saturated heterocycles. The highest BCUT2D eigenvalue weighted by atomic mass is 19.1. The van der Waals surface area contributed by atoms with Gasteiger partial charge < -0.3 is 10.4 Å². The van der Waals surface area contributed by atoms with Crippen molar-refractivity contribution in [1.82, 2.24) is 15.1 Å². The normalized spacial score (nSPS) is 14.2. The van der Waals surface area contributed by atoms with E-state index in [1.165, 1.54) is 10.7 Å². The third-order valence-corrected chi connectivity index (χ3v) is 4.39. The lowest BCUT2D eigenvalue weighted by molar-refractivity contribution is -0.137. The molecule has 0 spiro atoms. The van der Waals surface area contributed by atoms with Crippen LogP contribution in [0.3, 0.4) is 0 Å². The number of carbonyl (C=O) groups is 2. The first-order valence-electron chi connectivity index (χ1n) is 8.35. The smallest absolute Gasteiger partial charge is 0.303 e. The van der Waals surface area contributed by atoms with Crippen LogP contribution in [0.2, 0.25) is 0 Å². The largest absolute Gasteiger partial charge is 0.481 e. The molecule has 132 valence electrons. The van der Waals surface area contributed by atoms with E-state index in [0.29, 0.717) is 17.8 Å². The maximum atomic E-state index is 14.1. The minimum Gasteiger partial charge on any atom is -0.481 e. The number of carboxylic acid groups (broad SMARTS) is 1. The van der Waals surface area contributed by atoms with Gasteiger partial charge in [0.15, 0.2) is 5.69 Å². The molecule has 6 nitrogen and oxygen atoms in total. The van der Waals surface area contributed by atoms with Crippen molar-refractivity contribution in [3.8, 4) is 5.69 Å². The zero-order valence-electron chi connectivity index (χ0n) is 14.0. The number of aromatic nitrogens is 2. The van der Waals surface area contributed by atoms with Crippen molar-refractivity contribution < 1.29 is 19.1 Å². The molecule has 0 fully saturated rings. The number of hydrogen-bond donors (Lipinski definition) is 2. The molecule has 3 rings (SSSR count). The molecule has 25 heavy (non-hydrogen) atoms. The molecule has 7 heteroatoms. The summed E-state index contributed by atoms with van der Waals surface area (Å²) in [5, 5.41) is 15.9. The third-order valence-electron chi connectivity index (χ3n) is 4.39. The van der Waals surface area contributed by atoms with Gasteiger partial charge >= 0.3 is 5.97 Å². The molecule has 2 aromatic rings. The van der Waals surface area contributed by atoms with Crippen LogP contribution in [-0.4, -0.2) is 32.8 Å². The van der Waals surface area contributed by atoms with Gasteiger partial charge in [-0.15, -0.1) is 0 Å². The minimum atomic E-state index is -0.897. The van der Waals surface area contributed by atoms with Gasteiger partial charge in [0.2, 0.25) is 0 Å². The van der Waals surface area contributed by atoms with Gasteiger partial charge in [-0.3, -0.25) is 9.59 Å². The van der Waals surface area contributed by atoms with Crippen LogP contribution in [0, 0.1) is 5.82 Å². The quantitative estimate of drug-likeness (QED) is 0.842. The van der Waals surface area contributed by atoms with E-state index in [4.69, 9.17) is 5.11 Å². The van der Waals surface area contributed by atoms with Gasteiger partial charge in [-0.1, -0.05) is 12.1 Å². The minimum absolute atomic E-state index is 0.0107. The number of carboxylic acids is 1. The van der Waals surface area contributed by atoms with Gasteiger partial charge in [0.25, 0.3) is 5.91 Å². The Balaban J connectivity index is 1.86. The zero-order valence-corrected chi connectivity index (χ0v) is 14.0. The number of hydrogen-bond acceptors (Lipinski definition) is 3. The molecule has 1 heterocycles. The topological polar surface area (TPSA) is 84.2 Å². The monoisotopic (exact) mass is 345 g/mol. The SMILES string of the molecule is CC(CCC(=O)O)NC(=O)c1nn(-c2ccccc2F)c2c1CCC2. The van der Waals surface area contributed by atoms with E-state index in [1.54, 1.807) is 25.1 Å². The van der Waals surface area contributed by atoms with E-state index in [2.05, 4.69) is 10.4 Å². The van der Waals surface area contributed by atoms with Crippen molar-refractivity contribution >= 4 is 11.9 Å². The summed E-state index contributed by atoms with van der Waals surface area (Å²) in [5.74, 6) is -1.63. The second-order valence-corrected chi connectivity index (χ2v) is 6.30. The van der Waals surface area contributed by atoms with Crippen molar-refractivity contribution in [3.05, 3.63) is 47.0 Å². The third kappa shape index (κ3) is 3.55. The Morgan fingerprint density at radius 3 is 2.84 bits per heavy atom. The maximum Gasteiger partial charge on any atom is 0.303 e. The summed E-state index contributed by atoms with van der Waals surface area (Å²) in [6.07, 6.45) is 2.71. The molecule has 1 aromatic carbocycles.